The Balaban J connectivity index is 2.21. The number of methoxy groups -OCH3 is 3. The number of ether oxygens (including phenoxy) is 3. The Morgan fingerprint density at radius 3 is 2.07 bits per heavy atom. The minimum absolute atomic E-state index is 0.118. The van der Waals surface area contributed by atoms with Gasteiger partial charge in [-0.15, -0.1) is 0 Å². The minimum Gasteiger partial charge on any atom is -0.497 e. The van der Waals surface area contributed by atoms with E-state index in [9.17, 15) is 14.4 Å². The van der Waals surface area contributed by atoms with E-state index in [2.05, 4.69) is 14.8 Å². The molecule has 0 unspecified atom stereocenters. The van der Waals surface area contributed by atoms with Crippen molar-refractivity contribution in [2.45, 2.75) is 0 Å². The molecule has 0 atom stereocenters. The summed E-state index contributed by atoms with van der Waals surface area (Å²) in [6, 6.07) is 11.4. The van der Waals surface area contributed by atoms with Gasteiger partial charge in [-0.3, -0.25) is 4.79 Å². The predicted molar refractivity (Wildman–Crippen MR) is 99.8 cm³/mol. The molecule has 27 heavy (non-hydrogen) atoms. The Morgan fingerprint density at radius 1 is 0.889 bits per heavy atom. The van der Waals surface area contributed by atoms with Gasteiger partial charge in [-0.2, -0.15) is 0 Å². The fourth-order valence-electron chi connectivity index (χ4n) is 2.27. The van der Waals surface area contributed by atoms with Crippen LogP contribution < -0.4 is 10.1 Å². The highest BCUT2D eigenvalue weighted by molar-refractivity contribution is 6.04. The lowest BCUT2D eigenvalue weighted by molar-refractivity contribution is -0.111. The maximum atomic E-state index is 12.2. The number of carbonyl (C=O) groups is 3. The number of rotatable bonds is 6. The molecule has 140 valence electrons. The van der Waals surface area contributed by atoms with E-state index in [-0.39, 0.29) is 16.8 Å². The maximum absolute atomic E-state index is 12.2. The van der Waals surface area contributed by atoms with Gasteiger partial charge in [0, 0.05) is 11.8 Å². The van der Waals surface area contributed by atoms with E-state index in [1.54, 1.807) is 31.4 Å². The minimum atomic E-state index is -0.636. The molecule has 1 N–H and O–H groups in total. The number of benzene rings is 2. The van der Waals surface area contributed by atoms with Crippen LogP contribution >= 0.6 is 0 Å². The van der Waals surface area contributed by atoms with Crippen LogP contribution in [0.3, 0.4) is 0 Å². The Morgan fingerprint density at radius 2 is 1.52 bits per heavy atom. The molecule has 2 aromatic carbocycles. The third kappa shape index (κ3) is 5.43. The normalized spacial score (nSPS) is 10.3. The van der Waals surface area contributed by atoms with Gasteiger partial charge >= 0.3 is 11.9 Å². The van der Waals surface area contributed by atoms with E-state index in [1.807, 2.05) is 6.07 Å². The molecule has 0 bridgehead atoms. The van der Waals surface area contributed by atoms with E-state index < -0.39 is 17.8 Å². The Kier molecular flexibility index (Phi) is 6.71. The molecule has 0 aliphatic carbocycles. The standard InChI is InChI=1S/C20H19NO6/c1-25-17-6-4-5-13(9-17)7-8-18(22)21-16-11-14(19(23)26-2)10-15(12-16)20(24)27-3/h4-12H,1-3H3,(H,21,22)/b8-7+. The van der Waals surface area contributed by atoms with E-state index in [0.29, 0.717) is 5.75 Å². The number of hydrogen-bond acceptors (Lipinski definition) is 6. The smallest absolute Gasteiger partial charge is 0.337 e. The third-order valence-electron chi connectivity index (χ3n) is 3.56. The highest BCUT2D eigenvalue weighted by atomic mass is 16.5. The molecule has 0 radical (unpaired) electrons. The van der Waals surface area contributed by atoms with Gasteiger partial charge in [-0.1, -0.05) is 12.1 Å². The SMILES string of the molecule is COC(=O)c1cc(NC(=O)/C=C/c2cccc(OC)c2)cc(C(=O)OC)c1. The molecule has 7 heteroatoms. The second-order valence-corrected chi connectivity index (χ2v) is 5.38. The van der Waals surface area contributed by atoms with Gasteiger partial charge in [0.25, 0.3) is 0 Å². The van der Waals surface area contributed by atoms with Crippen molar-refractivity contribution < 1.29 is 28.6 Å². The Hall–Kier alpha value is -3.61. The molecule has 0 aliphatic rings. The second-order valence-electron chi connectivity index (χ2n) is 5.38. The van der Waals surface area contributed by atoms with Crippen molar-refractivity contribution in [3.8, 4) is 5.75 Å². The molecule has 0 fully saturated rings. The first-order chi connectivity index (χ1) is 13.0. The summed E-state index contributed by atoms with van der Waals surface area (Å²) >= 11 is 0. The zero-order chi connectivity index (χ0) is 19.8. The van der Waals surface area contributed by atoms with Gasteiger partial charge in [-0.05, 0) is 42.0 Å². The monoisotopic (exact) mass is 369 g/mol. The fourth-order valence-corrected chi connectivity index (χ4v) is 2.27. The van der Waals surface area contributed by atoms with Gasteiger partial charge in [0.15, 0.2) is 0 Å². The first-order valence-electron chi connectivity index (χ1n) is 7.91. The molecule has 0 saturated heterocycles. The number of amides is 1. The second kappa shape index (κ2) is 9.19. The summed E-state index contributed by atoms with van der Waals surface area (Å²) in [7, 11) is 4.01. The zero-order valence-electron chi connectivity index (χ0n) is 15.1. The molecular weight excluding hydrogens is 350 g/mol. The van der Waals surface area contributed by atoms with Crippen LogP contribution in [0.15, 0.2) is 48.5 Å². The van der Waals surface area contributed by atoms with E-state index in [0.717, 1.165) is 5.56 Å². The molecule has 0 aromatic heterocycles. The van der Waals surface area contributed by atoms with Crippen LogP contribution in [0.2, 0.25) is 0 Å². The van der Waals surface area contributed by atoms with Gasteiger partial charge in [0.05, 0.1) is 32.5 Å². The van der Waals surface area contributed by atoms with Gasteiger partial charge in [0.1, 0.15) is 5.75 Å². The maximum Gasteiger partial charge on any atom is 0.337 e. The van der Waals surface area contributed by atoms with Crippen molar-refractivity contribution in [1.82, 2.24) is 0 Å². The zero-order valence-corrected chi connectivity index (χ0v) is 15.1. The summed E-state index contributed by atoms with van der Waals surface area (Å²) in [5.41, 5.74) is 1.28. The van der Waals surface area contributed by atoms with Crippen LogP contribution in [-0.2, 0) is 14.3 Å². The summed E-state index contributed by atoms with van der Waals surface area (Å²) in [5, 5.41) is 2.61. The van der Waals surface area contributed by atoms with E-state index in [1.165, 1.54) is 38.5 Å². The highest BCUT2D eigenvalue weighted by Crippen LogP contribution is 2.18. The first-order valence-corrected chi connectivity index (χ1v) is 7.91. The molecule has 2 rings (SSSR count). The summed E-state index contributed by atoms with van der Waals surface area (Å²) in [4.78, 5) is 35.7. The molecule has 0 saturated carbocycles. The first kappa shape index (κ1) is 19.7. The van der Waals surface area contributed by atoms with Crippen molar-refractivity contribution >= 4 is 29.6 Å². The van der Waals surface area contributed by atoms with Gasteiger partial charge in [0.2, 0.25) is 5.91 Å². The average Bonchev–Trinajstić information content (AvgIpc) is 2.70. The van der Waals surface area contributed by atoms with Crippen LogP contribution in [0, 0.1) is 0 Å². The summed E-state index contributed by atoms with van der Waals surface area (Å²) in [5.74, 6) is -1.03. The van der Waals surface area contributed by atoms with Crippen LogP contribution in [-0.4, -0.2) is 39.2 Å². The molecule has 1 amide bonds. The van der Waals surface area contributed by atoms with E-state index in [4.69, 9.17) is 4.74 Å². The lowest BCUT2D eigenvalue weighted by Gasteiger charge is -2.08. The molecule has 0 heterocycles. The lowest BCUT2D eigenvalue weighted by Crippen LogP contribution is -2.12. The van der Waals surface area contributed by atoms with Gasteiger partial charge in [-0.25, -0.2) is 9.59 Å². The molecular formula is C20H19NO6. The van der Waals surface area contributed by atoms with Crippen molar-refractivity contribution in [2.24, 2.45) is 0 Å². The highest BCUT2D eigenvalue weighted by Gasteiger charge is 2.14. The largest absolute Gasteiger partial charge is 0.497 e. The van der Waals surface area contributed by atoms with Gasteiger partial charge < -0.3 is 19.5 Å². The summed E-state index contributed by atoms with van der Waals surface area (Å²) in [6.45, 7) is 0. The summed E-state index contributed by atoms with van der Waals surface area (Å²) < 4.78 is 14.5. The number of nitrogens with one attached hydrogen (secondary N) is 1. The number of carbonyl (C=O) groups excluding carboxylic acids is 3. The number of esters is 2. The lowest BCUT2D eigenvalue weighted by atomic mass is 10.1. The van der Waals surface area contributed by atoms with Crippen LogP contribution in [0.1, 0.15) is 26.3 Å². The predicted octanol–water partition coefficient (Wildman–Crippen LogP) is 2.92. The Labute approximate surface area is 156 Å². The topological polar surface area (TPSA) is 90.9 Å². The molecule has 7 nitrogen and oxygen atoms in total. The molecule has 0 spiro atoms. The number of anilines is 1. The van der Waals surface area contributed by atoms with Crippen molar-refractivity contribution in [2.75, 3.05) is 26.6 Å². The van der Waals surface area contributed by atoms with Crippen LogP contribution in [0.5, 0.6) is 5.75 Å². The van der Waals surface area contributed by atoms with Crippen molar-refractivity contribution in [1.29, 1.82) is 0 Å². The van der Waals surface area contributed by atoms with Crippen molar-refractivity contribution in [3.05, 3.63) is 65.2 Å². The number of hydrogen-bond donors (Lipinski definition) is 1. The molecule has 2 aromatic rings. The van der Waals surface area contributed by atoms with Crippen LogP contribution in [0.4, 0.5) is 5.69 Å². The third-order valence-corrected chi connectivity index (χ3v) is 3.56. The molecule has 0 aliphatic heterocycles. The Bertz CT molecular complexity index is 854. The van der Waals surface area contributed by atoms with E-state index >= 15 is 0 Å². The van der Waals surface area contributed by atoms with Crippen molar-refractivity contribution in [3.63, 3.8) is 0 Å². The average molecular weight is 369 g/mol. The summed E-state index contributed by atoms with van der Waals surface area (Å²) in [6.07, 6.45) is 2.95. The fraction of sp³-hybridized carbons (Fsp3) is 0.150. The van der Waals surface area contributed by atoms with Crippen LogP contribution in [0.25, 0.3) is 6.08 Å². The quantitative estimate of drug-likeness (QED) is 0.622.